The molecule has 1 aliphatic heterocycles. The Morgan fingerprint density at radius 2 is 1.32 bits per heavy atom. The van der Waals surface area contributed by atoms with E-state index in [4.69, 9.17) is 4.74 Å². The average Bonchev–Trinajstić information content (AvgIpc) is 2.91. The fraction of sp³-hybridized carbons (Fsp3) is 0.167. The van der Waals surface area contributed by atoms with Crippen LogP contribution in [0.4, 0.5) is 5.69 Å². The first-order valence-electron chi connectivity index (χ1n) is 11.7. The second-order valence-electron chi connectivity index (χ2n) is 8.51. The lowest BCUT2D eigenvalue weighted by Gasteiger charge is -2.36. The molecule has 1 radical (unpaired) electrons. The molecule has 0 amide bonds. The molecule has 4 nitrogen and oxygen atoms in total. The van der Waals surface area contributed by atoms with Gasteiger partial charge in [0.1, 0.15) is 11.5 Å². The predicted molar refractivity (Wildman–Crippen MR) is 137 cm³/mol. The van der Waals surface area contributed by atoms with E-state index in [1.165, 1.54) is 16.7 Å². The molecule has 1 fully saturated rings. The molecule has 34 heavy (non-hydrogen) atoms. The summed E-state index contributed by atoms with van der Waals surface area (Å²) in [5, 5.41) is 0. The lowest BCUT2D eigenvalue weighted by atomic mass is 9.99. The van der Waals surface area contributed by atoms with Crippen molar-refractivity contribution in [3.63, 3.8) is 0 Å². The highest BCUT2D eigenvalue weighted by atomic mass is 16.5. The van der Waals surface area contributed by atoms with E-state index in [1.807, 2.05) is 73.0 Å². The van der Waals surface area contributed by atoms with Crippen molar-refractivity contribution in [1.82, 2.24) is 4.90 Å². The smallest absolute Gasteiger partial charge is 0.233 e. The molecule has 1 heterocycles. The van der Waals surface area contributed by atoms with Gasteiger partial charge in [0.05, 0.1) is 0 Å². The molecular weight excluding hydrogens is 420 g/mol. The molecule has 169 valence electrons. The van der Waals surface area contributed by atoms with Crippen molar-refractivity contribution in [1.29, 1.82) is 0 Å². The number of hydrogen-bond donors (Lipinski definition) is 0. The predicted octanol–water partition coefficient (Wildman–Crippen LogP) is 5.93. The number of carbonyl (C=O) groups excluding carboxylic acids is 1. The number of benzene rings is 4. The van der Waals surface area contributed by atoms with Crippen LogP contribution in [-0.4, -0.2) is 37.4 Å². The summed E-state index contributed by atoms with van der Waals surface area (Å²) in [5.74, 6) is 1.68. The standard InChI is InChI=1S/C30H27N2O2/c33-23-24-10-14-27(15-11-24)32-20-18-31(19-21-32)22-26-6-4-5-9-30(26)25-12-16-29(17-13-25)34-28-7-2-1-3-8-28/h1-17H,18-22H2. The summed E-state index contributed by atoms with van der Waals surface area (Å²) < 4.78 is 5.95. The Bertz CT molecular complexity index is 1210. The van der Waals surface area contributed by atoms with Gasteiger partial charge in [-0.2, -0.15) is 0 Å². The first-order valence-corrected chi connectivity index (χ1v) is 11.7. The average molecular weight is 448 g/mol. The number of nitrogens with zero attached hydrogens (tertiary/aromatic N) is 2. The van der Waals surface area contributed by atoms with Crippen LogP contribution in [0.5, 0.6) is 11.5 Å². The fourth-order valence-electron chi connectivity index (χ4n) is 4.41. The highest BCUT2D eigenvalue weighted by molar-refractivity contribution is 5.76. The first-order chi connectivity index (χ1) is 16.8. The van der Waals surface area contributed by atoms with Crippen LogP contribution in [0, 0.1) is 0 Å². The number of hydrogen-bond acceptors (Lipinski definition) is 4. The van der Waals surface area contributed by atoms with Gasteiger partial charge in [0.2, 0.25) is 6.29 Å². The summed E-state index contributed by atoms with van der Waals surface area (Å²) in [5.41, 5.74) is 5.55. The van der Waals surface area contributed by atoms with Crippen LogP contribution in [-0.2, 0) is 11.3 Å². The zero-order chi connectivity index (χ0) is 23.2. The number of anilines is 1. The second kappa shape index (κ2) is 10.4. The Morgan fingerprint density at radius 1 is 0.676 bits per heavy atom. The number of ether oxygens (including phenoxy) is 1. The monoisotopic (exact) mass is 447 g/mol. The Morgan fingerprint density at radius 3 is 2.03 bits per heavy atom. The van der Waals surface area contributed by atoms with Crippen molar-refractivity contribution in [2.75, 3.05) is 31.1 Å². The molecule has 0 aromatic heterocycles. The highest BCUT2D eigenvalue weighted by Gasteiger charge is 2.18. The maximum absolute atomic E-state index is 10.8. The summed E-state index contributed by atoms with van der Waals surface area (Å²) in [6, 6.07) is 34.5. The molecule has 4 aromatic carbocycles. The summed E-state index contributed by atoms with van der Waals surface area (Å²) in [6.07, 6.45) is 1.94. The quantitative estimate of drug-likeness (QED) is 0.352. The minimum atomic E-state index is 0.596. The first kappa shape index (κ1) is 21.9. The van der Waals surface area contributed by atoms with E-state index >= 15 is 0 Å². The van der Waals surface area contributed by atoms with Gasteiger partial charge < -0.3 is 9.64 Å². The van der Waals surface area contributed by atoms with Crippen LogP contribution >= 0.6 is 0 Å². The molecule has 1 aliphatic rings. The van der Waals surface area contributed by atoms with Crippen molar-refractivity contribution >= 4 is 12.0 Å². The van der Waals surface area contributed by atoms with Crippen LogP contribution in [0.3, 0.4) is 0 Å². The minimum Gasteiger partial charge on any atom is -0.457 e. The third kappa shape index (κ3) is 5.19. The maximum atomic E-state index is 10.8. The molecule has 0 spiro atoms. The van der Waals surface area contributed by atoms with Crippen molar-refractivity contribution in [3.05, 3.63) is 114 Å². The van der Waals surface area contributed by atoms with Gasteiger partial charge in [-0.3, -0.25) is 9.69 Å². The molecule has 0 unspecified atom stereocenters. The summed E-state index contributed by atoms with van der Waals surface area (Å²) in [4.78, 5) is 15.7. The fourth-order valence-corrected chi connectivity index (χ4v) is 4.41. The van der Waals surface area contributed by atoms with Crippen LogP contribution in [0.2, 0.25) is 0 Å². The van der Waals surface area contributed by atoms with Gasteiger partial charge in [0.25, 0.3) is 0 Å². The Hall–Kier alpha value is -3.89. The topological polar surface area (TPSA) is 32.8 Å². The van der Waals surface area contributed by atoms with E-state index in [2.05, 4.69) is 46.2 Å². The molecule has 0 saturated carbocycles. The van der Waals surface area contributed by atoms with E-state index < -0.39 is 0 Å². The Balaban J connectivity index is 1.23. The van der Waals surface area contributed by atoms with Crippen LogP contribution < -0.4 is 9.64 Å². The van der Waals surface area contributed by atoms with Gasteiger partial charge in [0.15, 0.2) is 0 Å². The molecule has 1 saturated heterocycles. The zero-order valence-corrected chi connectivity index (χ0v) is 19.1. The van der Waals surface area contributed by atoms with E-state index in [0.29, 0.717) is 5.56 Å². The molecule has 4 heteroatoms. The summed E-state index contributed by atoms with van der Waals surface area (Å²) in [7, 11) is 0. The Labute approximate surface area is 201 Å². The third-order valence-electron chi connectivity index (χ3n) is 6.28. The summed E-state index contributed by atoms with van der Waals surface area (Å²) in [6.45, 7) is 4.86. The van der Waals surface area contributed by atoms with Gasteiger partial charge >= 0.3 is 0 Å². The van der Waals surface area contributed by atoms with E-state index in [0.717, 1.165) is 49.9 Å². The largest absolute Gasteiger partial charge is 0.457 e. The normalized spacial score (nSPS) is 14.1. The van der Waals surface area contributed by atoms with Gasteiger partial charge in [-0.05, 0) is 65.2 Å². The van der Waals surface area contributed by atoms with E-state index in [-0.39, 0.29) is 0 Å². The molecule has 0 aliphatic carbocycles. The second-order valence-corrected chi connectivity index (χ2v) is 8.51. The van der Waals surface area contributed by atoms with Crippen molar-refractivity contribution in [3.8, 4) is 22.6 Å². The van der Waals surface area contributed by atoms with E-state index in [1.54, 1.807) is 0 Å². The SMILES string of the molecule is O=[C]c1ccc(N2CCN(Cc3ccccc3-c3ccc(Oc4ccccc4)cc3)CC2)cc1. The van der Waals surface area contributed by atoms with E-state index in [9.17, 15) is 4.79 Å². The van der Waals surface area contributed by atoms with Crippen molar-refractivity contribution in [2.45, 2.75) is 6.54 Å². The highest BCUT2D eigenvalue weighted by Crippen LogP contribution is 2.29. The van der Waals surface area contributed by atoms with Gasteiger partial charge in [-0.15, -0.1) is 0 Å². The maximum Gasteiger partial charge on any atom is 0.233 e. The van der Waals surface area contributed by atoms with Crippen molar-refractivity contribution < 1.29 is 9.53 Å². The van der Waals surface area contributed by atoms with Gasteiger partial charge in [-0.1, -0.05) is 54.6 Å². The number of rotatable bonds is 7. The molecule has 5 rings (SSSR count). The van der Waals surface area contributed by atoms with Crippen LogP contribution in [0.15, 0.2) is 103 Å². The van der Waals surface area contributed by atoms with Crippen molar-refractivity contribution in [2.24, 2.45) is 0 Å². The zero-order valence-electron chi connectivity index (χ0n) is 19.1. The minimum absolute atomic E-state index is 0.596. The summed E-state index contributed by atoms with van der Waals surface area (Å²) >= 11 is 0. The lowest BCUT2D eigenvalue weighted by Crippen LogP contribution is -2.46. The lowest BCUT2D eigenvalue weighted by molar-refractivity contribution is 0.250. The van der Waals surface area contributed by atoms with Crippen LogP contribution in [0.25, 0.3) is 11.1 Å². The molecular formula is C30H27N2O2. The Kier molecular flexibility index (Phi) is 6.68. The number of piperazine rings is 1. The number of para-hydroxylation sites is 1. The molecule has 0 N–H and O–H groups in total. The van der Waals surface area contributed by atoms with Gasteiger partial charge in [0, 0.05) is 44.0 Å². The molecule has 4 aromatic rings. The third-order valence-corrected chi connectivity index (χ3v) is 6.28. The molecule has 0 bridgehead atoms. The molecule has 0 atom stereocenters. The van der Waals surface area contributed by atoms with Crippen LogP contribution in [0.1, 0.15) is 11.1 Å². The van der Waals surface area contributed by atoms with Gasteiger partial charge in [-0.25, -0.2) is 0 Å².